The van der Waals surface area contributed by atoms with Crippen LogP contribution in [0.1, 0.15) is 37.7 Å². The summed E-state index contributed by atoms with van der Waals surface area (Å²) in [4.78, 5) is 0. The van der Waals surface area contributed by atoms with Gasteiger partial charge in [-0.05, 0) is 30.2 Å². The Bertz CT molecular complexity index is 285. The third kappa shape index (κ3) is 2.60. The lowest BCUT2D eigenvalue weighted by molar-refractivity contribution is 0.0823. The summed E-state index contributed by atoms with van der Waals surface area (Å²) in [5.41, 5.74) is 1.55. The van der Waals surface area contributed by atoms with E-state index in [4.69, 9.17) is 0 Å². The van der Waals surface area contributed by atoms with Gasteiger partial charge < -0.3 is 5.11 Å². The SMILES string of the molecule is OCC1(Cc2ccccc2)CCCCC1. The summed E-state index contributed by atoms with van der Waals surface area (Å²) in [5.74, 6) is 0. The van der Waals surface area contributed by atoms with Crippen molar-refractivity contribution in [1.29, 1.82) is 0 Å². The van der Waals surface area contributed by atoms with Crippen LogP contribution in [0.2, 0.25) is 0 Å². The summed E-state index contributed by atoms with van der Waals surface area (Å²) in [6.07, 6.45) is 7.35. The summed E-state index contributed by atoms with van der Waals surface area (Å²) in [7, 11) is 0. The predicted molar refractivity (Wildman–Crippen MR) is 62.7 cm³/mol. The number of rotatable bonds is 3. The highest BCUT2D eigenvalue weighted by Gasteiger charge is 2.31. The van der Waals surface area contributed by atoms with E-state index in [2.05, 4.69) is 30.3 Å². The molecule has 1 aliphatic rings. The first kappa shape index (κ1) is 10.7. The maximum absolute atomic E-state index is 9.60. The number of hydrogen-bond donors (Lipinski definition) is 1. The lowest BCUT2D eigenvalue weighted by Crippen LogP contribution is -2.30. The minimum absolute atomic E-state index is 0.180. The highest BCUT2D eigenvalue weighted by Crippen LogP contribution is 2.38. The van der Waals surface area contributed by atoms with Crippen LogP contribution >= 0.6 is 0 Å². The highest BCUT2D eigenvalue weighted by molar-refractivity contribution is 5.16. The second kappa shape index (κ2) is 4.80. The van der Waals surface area contributed by atoms with Crippen LogP contribution in [-0.4, -0.2) is 11.7 Å². The molecular formula is C14H20O. The van der Waals surface area contributed by atoms with E-state index in [9.17, 15) is 5.11 Å². The van der Waals surface area contributed by atoms with Crippen molar-refractivity contribution < 1.29 is 5.11 Å². The molecular weight excluding hydrogens is 184 g/mol. The van der Waals surface area contributed by atoms with Crippen LogP contribution in [0, 0.1) is 5.41 Å². The van der Waals surface area contributed by atoms with Gasteiger partial charge in [-0.1, -0.05) is 49.6 Å². The predicted octanol–water partition coefficient (Wildman–Crippen LogP) is 3.17. The summed E-state index contributed by atoms with van der Waals surface area (Å²) in [6, 6.07) is 10.6. The smallest absolute Gasteiger partial charge is 0.0490 e. The van der Waals surface area contributed by atoms with E-state index in [1.807, 2.05) is 0 Å². The lowest BCUT2D eigenvalue weighted by Gasteiger charge is -2.35. The molecule has 0 heterocycles. The van der Waals surface area contributed by atoms with Crippen molar-refractivity contribution in [3.63, 3.8) is 0 Å². The molecule has 1 N–H and O–H groups in total. The molecule has 0 bridgehead atoms. The Morgan fingerprint density at radius 2 is 1.67 bits per heavy atom. The molecule has 1 saturated carbocycles. The van der Waals surface area contributed by atoms with Crippen LogP contribution in [0.5, 0.6) is 0 Å². The van der Waals surface area contributed by atoms with Gasteiger partial charge in [-0.25, -0.2) is 0 Å². The average Bonchev–Trinajstić information content (AvgIpc) is 2.32. The van der Waals surface area contributed by atoms with E-state index in [-0.39, 0.29) is 5.41 Å². The third-order valence-electron chi connectivity index (χ3n) is 3.67. The van der Waals surface area contributed by atoms with Gasteiger partial charge in [0.15, 0.2) is 0 Å². The molecule has 0 aliphatic heterocycles. The van der Waals surface area contributed by atoms with E-state index in [1.165, 1.54) is 37.7 Å². The molecule has 1 nitrogen and oxygen atoms in total. The summed E-state index contributed by atoms with van der Waals surface area (Å²) >= 11 is 0. The fourth-order valence-electron chi connectivity index (χ4n) is 2.72. The molecule has 1 heteroatoms. The Hall–Kier alpha value is -0.820. The molecule has 1 fully saturated rings. The minimum Gasteiger partial charge on any atom is -0.396 e. The first-order valence-electron chi connectivity index (χ1n) is 5.99. The number of benzene rings is 1. The van der Waals surface area contributed by atoms with Gasteiger partial charge in [-0.2, -0.15) is 0 Å². The van der Waals surface area contributed by atoms with Crippen LogP contribution in [0.25, 0.3) is 0 Å². The molecule has 1 aromatic rings. The van der Waals surface area contributed by atoms with Gasteiger partial charge in [0.25, 0.3) is 0 Å². The van der Waals surface area contributed by atoms with Gasteiger partial charge in [0.05, 0.1) is 0 Å². The Balaban J connectivity index is 2.07. The van der Waals surface area contributed by atoms with Gasteiger partial charge in [-0.3, -0.25) is 0 Å². The Kier molecular flexibility index (Phi) is 3.42. The Morgan fingerprint density at radius 1 is 1.00 bits per heavy atom. The van der Waals surface area contributed by atoms with Crippen molar-refractivity contribution in [2.24, 2.45) is 5.41 Å². The Labute approximate surface area is 92.1 Å². The van der Waals surface area contributed by atoms with Crippen molar-refractivity contribution in [2.75, 3.05) is 6.61 Å². The van der Waals surface area contributed by atoms with Gasteiger partial charge >= 0.3 is 0 Å². The molecule has 2 rings (SSSR count). The standard InChI is InChI=1S/C14H20O/c15-12-14(9-5-2-6-10-14)11-13-7-3-1-4-8-13/h1,3-4,7-8,15H,2,5-6,9-12H2. The van der Waals surface area contributed by atoms with Crippen LogP contribution in [0.4, 0.5) is 0 Å². The molecule has 0 saturated heterocycles. The molecule has 0 aromatic heterocycles. The van der Waals surface area contributed by atoms with E-state index < -0.39 is 0 Å². The van der Waals surface area contributed by atoms with Crippen LogP contribution in [-0.2, 0) is 6.42 Å². The first-order chi connectivity index (χ1) is 7.35. The zero-order valence-electron chi connectivity index (χ0n) is 9.28. The first-order valence-corrected chi connectivity index (χ1v) is 5.99. The molecule has 0 amide bonds. The van der Waals surface area contributed by atoms with Crippen molar-refractivity contribution in [1.82, 2.24) is 0 Å². The zero-order valence-corrected chi connectivity index (χ0v) is 9.28. The second-order valence-electron chi connectivity index (χ2n) is 4.88. The molecule has 0 atom stereocenters. The monoisotopic (exact) mass is 204 g/mol. The van der Waals surface area contributed by atoms with Gasteiger partial charge in [-0.15, -0.1) is 0 Å². The van der Waals surface area contributed by atoms with Crippen LogP contribution < -0.4 is 0 Å². The fraction of sp³-hybridized carbons (Fsp3) is 0.571. The molecule has 82 valence electrons. The quantitative estimate of drug-likeness (QED) is 0.801. The summed E-state index contributed by atoms with van der Waals surface area (Å²) in [6.45, 7) is 0.349. The van der Waals surface area contributed by atoms with Crippen molar-refractivity contribution in [3.8, 4) is 0 Å². The van der Waals surface area contributed by atoms with E-state index in [0.717, 1.165) is 6.42 Å². The maximum atomic E-state index is 9.60. The summed E-state index contributed by atoms with van der Waals surface area (Å²) < 4.78 is 0. The van der Waals surface area contributed by atoms with E-state index in [0.29, 0.717) is 6.61 Å². The topological polar surface area (TPSA) is 20.2 Å². The second-order valence-corrected chi connectivity index (χ2v) is 4.88. The van der Waals surface area contributed by atoms with Crippen molar-refractivity contribution in [3.05, 3.63) is 35.9 Å². The number of aliphatic hydroxyl groups is 1. The number of hydrogen-bond acceptors (Lipinski definition) is 1. The maximum Gasteiger partial charge on any atom is 0.0490 e. The van der Waals surface area contributed by atoms with Gasteiger partial charge in [0.2, 0.25) is 0 Å². The van der Waals surface area contributed by atoms with Crippen molar-refractivity contribution in [2.45, 2.75) is 38.5 Å². The van der Waals surface area contributed by atoms with E-state index in [1.54, 1.807) is 0 Å². The van der Waals surface area contributed by atoms with Crippen LogP contribution in [0.3, 0.4) is 0 Å². The molecule has 15 heavy (non-hydrogen) atoms. The molecule has 1 aromatic carbocycles. The van der Waals surface area contributed by atoms with E-state index >= 15 is 0 Å². The van der Waals surface area contributed by atoms with Crippen molar-refractivity contribution >= 4 is 0 Å². The Morgan fingerprint density at radius 3 is 2.27 bits per heavy atom. The number of aliphatic hydroxyl groups excluding tert-OH is 1. The minimum atomic E-state index is 0.180. The lowest BCUT2D eigenvalue weighted by atomic mass is 9.71. The van der Waals surface area contributed by atoms with Gasteiger partial charge in [0, 0.05) is 6.61 Å². The molecule has 0 radical (unpaired) electrons. The molecule has 0 unspecified atom stereocenters. The molecule has 1 aliphatic carbocycles. The van der Waals surface area contributed by atoms with Gasteiger partial charge in [0.1, 0.15) is 0 Å². The third-order valence-corrected chi connectivity index (χ3v) is 3.67. The zero-order chi connectivity index (χ0) is 10.6. The largest absolute Gasteiger partial charge is 0.396 e. The molecule has 0 spiro atoms. The highest BCUT2D eigenvalue weighted by atomic mass is 16.3. The fourth-order valence-corrected chi connectivity index (χ4v) is 2.72. The summed E-state index contributed by atoms with van der Waals surface area (Å²) in [5, 5.41) is 9.60. The average molecular weight is 204 g/mol. The van der Waals surface area contributed by atoms with Crippen LogP contribution in [0.15, 0.2) is 30.3 Å². The normalized spacial score (nSPS) is 20.1.